The Bertz CT molecular complexity index is 483. The topological polar surface area (TPSA) is 72.4 Å². The van der Waals surface area contributed by atoms with Crippen LogP contribution in [-0.4, -0.2) is 54.4 Å². The van der Waals surface area contributed by atoms with Gasteiger partial charge in [-0.25, -0.2) is 0 Å². The van der Waals surface area contributed by atoms with Crippen molar-refractivity contribution in [2.45, 2.75) is 51.0 Å². The minimum atomic E-state index is 0.349. The molecule has 2 aliphatic rings. The first-order chi connectivity index (χ1) is 11.3. The number of nitrogens with zero attached hydrogens (tertiary/aromatic N) is 4. The summed E-state index contributed by atoms with van der Waals surface area (Å²) in [6.07, 6.45) is 8.07. The first-order valence-corrected chi connectivity index (χ1v) is 8.74. The summed E-state index contributed by atoms with van der Waals surface area (Å²) in [6.45, 7) is 3.64. The van der Waals surface area contributed by atoms with Crippen LogP contribution < -0.4 is 15.0 Å². The van der Waals surface area contributed by atoms with Crippen molar-refractivity contribution in [1.29, 1.82) is 0 Å². The highest BCUT2D eigenvalue weighted by Gasteiger charge is 2.18. The monoisotopic (exact) mass is 321 g/mol. The van der Waals surface area contributed by atoms with Gasteiger partial charge in [0.2, 0.25) is 11.9 Å². The Labute approximate surface area is 137 Å². The van der Waals surface area contributed by atoms with Gasteiger partial charge in [-0.05, 0) is 32.1 Å². The van der Waals surface area contributed by atoms with E-state index in [-0.39, 0.29) is 0 Å². The van der Waals surface area contributed by atoms with E-state index >= 15 is 0 Å². The van der Waals surface area contributed by atoms with Crippen LogP contribution in [0.4, 0.5) is 11.9 Å². The van der Waals surface area contributed by atoms with E-state index in [1.807, 2.05) is 0 Å². The van der Waals surface area contributed by atoms with E-state index in [1.54, 1.807) is 7.11 Å². The molecular formula is C16H27N5O2. The molecule has 23 heavy (non-hydrogen) atoms. The number of methoxy groups -OCH3 is 1. The summed E-state index contributed by atoms with van der Waals surface area (Å²) in [5.41, 5.74) is 0. The van der Waals surface area contributed by atoms with Crippen molar-refractivity contribution in [3.63, 3.8) is 0 Å². The predicted molar refractivity (Wildman–Crippen MR) is 89.1 cm³/mol. The molecule has 0 aromatic carbocycles. The summed E-state index contributed by atoms with van der Waals surface area (Å²) >= 11 is 0. The number of hydrogen-bond acceptors (Lipinski definition) is 7. The average molecular weight is 321 g/mol. The van der Waals surface area contributed by atoms with E-state index < -0.39 is 0 Å². The third kappa shape index (κ3) is 4.67. The third-order valence-corrected chi connectivity index (χ3v) is 4.46. The van der Waals surface area contributed by atoms with Gasteiger partial charge in [0.15, 0.2) is 0 Å². The van der Waals surface area contributed by atoms with Crippen molar-refractivity contribution >= 4 is 11.9 Å². The van der Waals surface area contributed by atoms with Crippen molar-refractivity contribution in [2.24, 2.45) is 0 Å². The van der Waals surface area contributed by atoms with Crippen molar-refractivity contribution in [3.8, 4) is 6.01 Å². The zero-order valence-electron chi connectivity index (χ0n) is 14.0. The standard InChI is InChI=1S/C16H27N5O2/c1-22-16-19-14(17-13-7-6-11-23-12-8-13)18-15(20-16)21-9-4-2-3-5-10-21/h13H,2-12H2,1H3,(H,17,18,19,20). The molecule has 2 aliphatic heterocycles. The molecule has 3 heterocycles. The van der Waals surface area contributed by atoms with Gasteiger partial charge in [-0.3, -0.25) is 0 Å². The molecule has 0 radical (unpaired) electrons. The smallest absolute Gasteiger partial charge is 0.322 e. The third-order valence-electron chi connectivity index (χ3n) is 4.46. The first-order valence-electron chi connectivity index (χ1n) is 8.74. The molecule has 7 heteroatoms. The van der Waals surface area contributed by atoms with Gasteiger partial charge in [0.05, 0.1) is 7.11 Å². The molecule has 0 bridgehead atoms. The number of hydrogen-bond donors (Lipinski definition) is 1. The summed E-state index contributed by atoms with van der Waals surface area (Å²) < 4.78 is 10.8. The zero-order chi connectivity index (χ0) is 15.9. The maximum absolute atomic E-state index is 5.51. The number of rotatable bonds is 4. The highest BCUT2D eigenvalue weighted by atomic mass is 16.5. The summed E-state index contributed by atoms with van der Waals surface area (Å²) in [4.78, 5) is 15.7. The molecular weight excluding hydrogens is 294 g/mol. The van der Waals surface area contributed by atoms with E-state index in [0.717, 1.165) is 51.5 Å². The highest BCUT2D eigenvalue weighted by Crippen LogP contribution is 2.20. The lowest BCUT2D eigenvalue weighted by atomic mass is 10.1. The molecule has 7 nitrogen and oxygen atoms in total. The van der Waals surface area contributed by atoms with Crippen LogP contribution in [0.2, 0.25) is 0 Å². The number of ether oxygens (including phenoxy) is 2. The minimum Gasteiger partial charge on any atom is -0.467 e. The van der Waals surface area contributed by atoms with Crippen LogP contribution in [0, 0.1) is 0 Å². The molecule has 0 aliphatic carbocycles. The van der Waals surface area contributed by atoms with Gasteiger partial charge in [0.1, 0.15) is 0 Å². The molecule has 3 rings (SSSR count). The van der Waals surface area contributed by atoms with Gasteiger partial charge in [-0.15, -0.1) is 0 Å². The van der Waals surface area contributed by atoms with Crippen LogP contribution >= 0.6 is 0 Å². The molecule has 2 fully saturated rings. The van der Waals surface area contributed by atoms with E-state index in [1.165, 1.54) is 25.7 Å². The molecule has 1 N–H and O–H groups in total. The molecule has 128 valence electrons. The van der Waals surface area contributed by atoms with E-state index in [9.17, 15) is 0 Å². The van der Waals surface area contributed by atoms with Crippen LogP contribution in [0.1, 0.15) is 44.9 Å². The summed E-state index contributed by atoms with van der Waals surface area (Å²) in [5.74, 6) is 1.34. The maximum Gasteiger partial charge on any atom is 0.322 e. The summed E-state index contributed by atoms with van der Waals surface area (Å²) in [6, 6.07) is 0.730. The van der Waals surface area contributed by atoms with E-state index in [2.05, 4.69) is 25.2 Å². The van der Waals surface area contributed by atoms with Crippen LogP contribution in [0.25, 0.3) is 0 Å². The largest absolute Gasteiger partial charge is 0.467 e. The van der Waals surface area contributed by atoms with Crippen LogP contribution in [0.15, 0.2) is 0 Å². The lowest BCUT2D eigenvalue weighted by molar-refractivity contribution is 0.144. The Morgan fingerprint density at radius 1 is 1.00 bits per heavy atom. The Kier molecular flexibility index (Phi) is 5.85. The van der Waals surface area contributed by atoms with Crippen molar-refractivity contribution in [1.82, 2.24) is 15.0 Å². The van der Waals surface area contributed by atoms with Crippen LogP contribution in [0.5, 0.6) is 6.01 Å². The Balaban J connectivity index is 1.74. The second kappa shape index (κ2) is 8.29. The minimum absolute atomic E-state index is 0.349. The Hall–Kier alpha value is -1.63. The lowest BCUT2D eigenvalue weighted by Crippen LogP contribution is -2.28. The van der Waals surface area contributed by atoms with Crippen LogP contribution in [-0.2, 0) is 4.74 Å². The fourth-order valence-corrected chi connectivity index (χ4v) is 3.14. The molecule has 1 aromatic rings. The second-order valence-corrected chi connectivity index (χ2v) is 6.23. The molecule has 1 unspecified atom stereocenters. The van der Waals surface area contributed by atoms with Gasteiger partial charge >= 0.3 is 6.01 Å². The second-order valence-electron chi connectivity index (χ2n) is 6.23. The van der Waals surface area contributed by atoms with Gasteiger partial charge in [0.25, 0.3) is 0 Å². The lowest BCUT2D eigenvalue weighted by Gasteiger charge is -2.22. The van der Waals surface area contributed by atoms with Gasteiger partial charge in [-0.1, -0.05) is 12.8 Å². The predicted octanol–water partition coefficient (Wildman–Crippen LogP) is 2.24. The van der Waals surface area contributed by atoms with Crippen molar-refractivity contribution in [2.75, 3.05) is 43.6 Å². The molecule has 0 saturated carbocycles. The maximum atomic E-state index is 5.51. The fraction of sp³-hybridized carbons (Fsp3) is 0.812. The summed E-state index contributed by atoms with van der Waals surface area (Å²) in [7, 11) is 1.60. The van der Waals surface area contributed by atoms with Crippen molar-refractivity contribution in [3.05, 3.63) is 0 Å². The van der Waals surface area contributed by atoms with Crippen LogP contribution in [0.3, 0.4) is 0 Å². The highest BCUT2D eigenvalue weighted by molar-refractivity contribution is 5.39. The number of anilines is 2. The zero-order valence-corrected chi connectivity index (χ0v) is 14.0. The molecule has 1 aromatic heterocycles. The summed E-state index contributed by atoms with van der Waals surface area (Å²) in [5, 5.41) is 3.44. The average Bonchev–Trinajstić information content (AvgIpc) is 2.99. The van der Waals surface area contributed by atoms with Gasteiger partial charge < -0.3 is 19.7 Å². The van der Waals surface area contributed by atoms with E-state index in [0.29, 0.717) is 18.0 Å². The Morgan fingerprint density at radius 3 is 2.61 bits per heavy atom. The molecule has 0 amide bonds. The normalized spacial score (nSPS) is 23.0. The Morgan fingerprint density at radius 2 is 1.83 bits per heavy atom. The SMILES string of the molecule is COc1nc(NC2CCCOCC2)nc(N2CCCCCC2)n1. The first kappa shape index (κ1) is 16.2. The quantitative estimate of drug-likeness (QED) is 0.911. The number of aromatic nitrogens is 3. The fourth-order valence-electron chi connectivity index (χ4n) is 3.14. The van der Waals surface area contributed by atoms with E-state index in [4.69, 9.17) is 9.47 Å². The molecule has 2 saturated heterocycles. The molecule has 0 spiro atoms. The number of nitrogens with one attached hydrogen (secondary N) is 1. The van der Waals surface area contributed by atoms with Gasteiger partial charge in [0, 0.05) is 32.3 Å². The van der Waals surface area contributed by atoms with Crippen molar-refractivity contribution < 1.29 is 9.47 Å². The molecule has 1 atom stereocenters. The van der Waals surface area contributed by atoms with Gasteiger partial charge in [-0.2, -0.15) is 15.0 Å².